The van der Waals surface area contributed by atoms with Crippen molar-refractivity contribution in [3.63, 3.8) is 0 Å². The minimum absolute atomic E-state index is 0.0461. The SMILES string of the molecule is CCSc1nn(CC(C)C)c2nc3c(c(=O)n12)[C@](C)(CC)Cc1ccccc1-3. The molecule has 0 spiro atoms. The number of rotatable bonds is 5. The Morgan fingerprint density at radius 1 is 1.25 bits per heavy atom. The van der Waals surface area contributed by atoms with Crippen LogP contribution in [-0.2, 0) is 18.4 Å². The lowest BCUT2D eigenvalue weighted by Crippen LogP contribution is -2.38. The molecule has 4 rings (SSSR count). The van der Waals surface area contributed by atoms with Crippen LogP contribution in [0.3, 0.4) is 0 Å². The van der Waals surface area contributed by atoms with E-state index in [0.29, 0.717) is 11.7 Å². The molecule has 1 aliphatic carbocycles. The minimum Gasteiger partial charge on any atom is -0.268 e. The molecule has 1 aromatic carbocycles. The van der Waals surface area contributed by atoms with Gasteiger partial charge in [-0.1, -0.05) is 70.6 Å². The predicted octanol–water partition coefficient (Wildman–Crippen LogP) is 4.55. The van der Waals surface area contributed by atoms with Gasteiger partial charge in [-0.3, -0.25) is 4.79 Å². The van der Waals surface area contributed by atoms with Gasteiger partial charge in [0.15, 0.2) is 5.16 Å². The van der Waals surface area contributed by atoms with Crippen LogP contribution in [0.15, 0.2) is 34.2 Å². The first-order valence-electron chi connectivity index (χ1n) is 10.1. The normalized spacial score (nSPS) is 18.5. The van der Waals surface area contributed by atoms with Gasteiger partial charge in [-0.05, 0) is 30.1 Å². The van der Waals surface area contributed by atoms with Crippen molar-refractivity contribution in [1.82, 2.24) is 19.2 Å². The average Bonchev–Trinajstić information content (AvgIpc) is 2.99. The van der Waals surface area contributed by atoms with E-state index in [-0.39, 0.29) is 11.0 Å². The van der Waals surface area contributed by atoms with E-state index >= 15 is 0 Å². The molecule has 0 aliphatic heterocycles. The summed E-state index contributed by atoms with van der Waals surface area (Å²) in [5.41, 5.74) is 3.87. The first kappa shape index (κ1) is 19.2. The van der Waals surface area contributed by atoms with Crippen molar-refractivity contribution in [1.29, 1.82) is 0 Å². The van der Waals surface area contributed by atoms with Crippen molar-refractivity contribution in [2.45, 2.75) is 64.6 Å². The first-order chi connectivity index (χ1) is 13.4. The van der Waals surface area contributed by atoms with Crippen molar-refractivity contribution in [3.8, 4) is 11.3 Å². The number of aromatic nitrogens is 4. The topological polar surface area (TPSA) is 52.2 Å². The molecule has 0 radical (unpaired) electrons. The van der Waals surface area contributed by atoms with Gasteiger partial charge in [-0.15, -0.1) is 5.10 Å². The van der Waals surface area contributed by atoms with Crippen LogP contribution in [0.1, 0.15) is 52.2 Å². The van der Waals surface area contributed by atoms with Crippen molar-refractivity contribution in [3.05, 3.63) is 45.7 Å². The molecule has 148 valence electrons. The van der Waals surface area contributed by atoms with E-state index in [9.17, 15) is 4.79 Å². The van der Waals surface area contributed by atoms with Crippen LogP contribution in [-0.4, -0.2) is 24.9 Å². The Kier molecular flexibility index (Phi) is 4.86. The molecule has 0 unspecified atom stereocenters. The van der Waals surface area contributed by atoms with E-state index in [1.807, 2.05) is 10.7 Å². The van der Waals surface area contributed by atoms with Gasteiger partial charge in [-0.2, -0.15) is 0 Å². The van der Waals surface area contributed by atoms with E-state index in [2.05, 4.69) is 52.8 Å². The number of hydrogen-bond donors (Lipinski definition) is 0. The lowest BCUT2D eigenvalue weighted by molar-refractivity contribution is 0.439. The van der Waals surface area contributed by atoms with E-state index in [1.54, 1.807) is 16.2 Å². The van der Waals surface area contributed by atoms with E-state index in [4.69, 9.17) is 10.1 Å². The lowest BCUT2D eigenvalue weighted by Gasteiger charge is -2.35. The smallest absolute Gasteiger partial charge is 0.265 e. The van der Waals surface area contributed by atoms with Crippen LogP contribution in [0.25, 0.3) is 17.0 Å². The van der Waals surface area contributed by atoms with Crippen molar-refractivity contribution >= 4 is 17.5 Å². The Hall–Kier alpha value is -2.08. The number of benzene rings is 1. The van der Waals surface area contributed by atoms with Crippen molar-refractivity contribution in [2.24, 2.45) is 5.92 Å². The summed E-state index contributed by atoms with van der Waals surface area (Å²) in [6.07, 6.45) is 1.76. The number of fused-ring (bicyclic) bond motifs is 4. The zero-order chi connectivity index (χ0) is 20.1. The van der Waals surface area contributed by atoms with Crippen LogP contribution < -0.4 is 5.56 Å². The second-order valence-corrected chi connectivity index (χ2v) is 9.55. The Morgan fingerprint density at radius 3 is 2.68 bits per heavy atom. The van der Waals surface area contributed by atoms with Crippen LogP contribution >= 0.6 is 11.8 Å². The molecule has 1 aliphatic rings. The molecule has 2 aromatic heterocycles. The molecule has 0 saturated carbocycles. The molecule has 0 amide bonds. The third-order valence-electron chi connectivity index (χ3n) is 5.74. The maximum atomic E-state index is 13.8. The maximum Gasteiger partial charge on any atom is 0.265 e. The van der Waals surface area contributed by atoms with Crippen molar-refractivity contribution < 1.29 is 0 Å². The van der Waals surface area contributed by atoms with E-state index in [1.165, 1.54) is 5.56 Å². The van der Waals surface area contributed by atoms with Gasteiger partial charge in [0, 0.05) is 17.5 Å². The summed E-state index contributed by atoms with van der Waals surface area (Å²) >= 11 is 1.60. The van der Waals surface area contributed by atoms with E-state index < -0.39 is 0 Å². The van der Waals surface area contributed by atoms with Gasteiger partial charge >= 0.3 is 0 Å². The van der Waals surface area contributed by atoms with Crippen LogP contribution in [0.2, 0.25) is 0 Å². The molecule has 3 aromatic rings. The van der Waals surface area contributed by atoms with Gasteiger partial charge < -0.3 is 0 Å². The fraction of sp³-hybridized carbons (Fsp3) is 0.500. The van der Waals surface area contributed by atoms with Gasteiger partial charge in [0.2, 0.25) is 5.78 Å². The summed E-state index contributed by atoms with van der Waals surface area (Å²) in [7, 11) is 0. The number of hydrogen-bond acceptors (Lipinski definition) is 4. The zero-order valence-corrected chi connectivity index (χ0v) is 18.1. The summed E-state index contributed by atoms with van der Waals surface area (Å²) in [6, 6.07) is 8.37. The molecule has 0 N–H and O–H groups in total. The summed E-state index contributed by atoms with van der Waals surface area (Å²) < 4.78 is 3.65. The quantitative estimate of drug-likeness (QED) is 0.594. The predicted molar refractivity (Wildman–Crippen MR) is 115 cm³/mol. The third kappa shape index (κ3) is 2.89. The van der Waals surface area contributed by atoms with E-state index in [0.717, 1.165) is 47.1 Å². The fourth-order valence-corrected chi connectivity index (χ4v) is 4.90. The number of nitrogens with zero attached hydrogens (tertiary/aromatic N) is 4. The highest BCUT2D eigenvalue weighted by molar-refractivity contribution is 7.99. The number of thioether (sulfide) groups is 1. The highest BCUT2D eigenvalue weighted by Gasteiger charge is 2.38. The summed E-state index contributed by atoms with van der Waals surface area (Å²) in [5.74, 6) is 1.94. The Labute approximate surface area is 170 Å². The Balaban J connectivity index is 2.11. The fourth-order valence-electron chi connectivity index (χ4n) is 4.19. The second kappa shape index (κ2) is 7.07. The molecular formula is C22H28N4OS. The maximum absolute atomic E-state index is 13.8. The second-order valence-electron chi connectivity index (χ2n) is 8.32. The van der Waals surface area contributed by atoms with Gasteiger partial charge in [0.1, 0.15) is 0 Å². The summed E-state index contributed by atoms with van der Waals surface area (Å²) in [4.78, 5) is 18.9. The highest BCUT2D eigenvalue weighted by Crippen LogP contribution is 2.42. The van der Waals surface area contributed by atoms with Crippen molar-refractivity contribution in [2.75, 3.05) is 5.75 Å². The third-order valence-corrected chi connectivity index (χ3v) is 6.55. The molecule has 1 atom stereocenters. The minimum atomic E-state index is -0.219. The Morgan fingerprint density at radius 2 is 2.00 bits per heavy atom. The highest BCUT2D eigenvalue weighted by atomic mass is 32.2. The van der Waals surface area contributed by atoms with Crippen LogP contribution in [0, 0.1) is 5.92 Å². The molecule has 0 fully saturated rings. The largest absolute Gasteiger partial charge is 0.268 e. The molecule has 6 heteroatoms. The molecular weight excluding hydrogens is 368 g/mol. The summed E-state index contributed by atoms with van der Waals surface area (Å²) in [5, 5.41) is 5.51. The zero-order valence-electron chi connectivity index (χ0n) is 17.3. The molecule has 0 bridgehead atoms. The first-order valence-corrected chi connectivity index (χ1v) is 11.1. The van der Waals surface area contributed by atoms with Gasteiger partial charge in [0.05, 0.1) is 11.3 Å². The van der Waals surface area contributed by atoms with Crippen LogP contribution in [0.4, 0.5) is 0 Å². The Bertz CT molecular complexity index is 1100. The average molecular weight is 397 g/mol. The lowest BCUT2D eigenvalue weighted by atomic mass is 9.69. The van der Waals surface area contributed by atoms with Gasteiger partial charge in [-0.25, -0.2) is 14.1 Å². The van der Waals surface area contributed by atoms with Gasteiger partial charge in [0.25, 0.3) is 5.56 Å². The monoisotopic (exact) mass is 396 g/mol. The molecule has 5 nitrogen and oxygen atoms in total. The standard InChI is InChI=1S/C22H28N4OS/c1-6-22(5)12-15-10-8-9-11-16(15)18-17(22)19(27)26-20(23-18)25(13-14(3)4)24-21(26)28-7-2/h8-11,14H,6-7,12-13H2,1-5H3/t22-/m1/s1. The molecule has 0 saturated heterocycles. The molecule has 28 heavy (non-hydrogen) atoms. The summed E-state index contributed by atoms with van der Waals surface area (Å²) in [6.45, 7) is 11.5. The van der Waals surface area contributed by atoms with Crippen LogP contribution in [0.5, 0.6) is 0 Å². The molecule has 2 heterocycles.